The van der Waals surface area contributed by atoms with Gasteiger partial charge in [-0.2, -0.15) is 0 Å². The molecule has 1 fully saturated rings. The minimum Gasteiger partial charge on any atom is -0.398 e. The van der Waals surface area contributed by atoms with Crippen LogP contribution < -0.4 is 10.3 Å². The molecule has 0 bridgehead atoms. The molecule has 2 heterocycles. The Morgan fingerprint density at radius 3 is 2.12 bits per heavy atom. The first-order valence-electron chi connectivity index (χ1n) is 8.42. The van der Waals surface area contributed by atoms with E-state index in [2.05, 4.69) is 9.71 Å². The summed E-state index contributed by atoms with van der Waals surface area (Å²) < 4.78 is 39.5. The van der Waals surface area contributed by atoms with Gasteiger partial charge in [0.1, 0.15) is 5.82 Å². The highest BCUT2D eigenvalue weighted by Crippen LogP contribution is 2.36. The number of anilines is 1. The summed E-state index contributed by atoms with van der Waals surface area (Å²) in [6.07, 6.45) is 0. The fourth-order valence-corrected chi connectivity index (χ4v) is 3.52. The molecule has 0 spiro atoms. The van der Waals surface area contributed by atoms with E-state index in [0.717, 1.165) is 5.56 Å². The van der Waals surface area contributed by atoms with Crippen molar-refractivity contribution in [2.24, 2.45) is 0 Å². The first-order valence-corrected chi connectivity index (χ1v) is 9.91. The smallest absolute Gasteiger partial charge is 0.398 e. The van der Waals surface area contributed by atoms with E-state index in [1.807, 2.05) is 34.6 Å². The molecule has 6 nitrogen and oxygen atoms in total. The van der Waals surface area contributed by atoms with Gasteiger partial charge in [-0.1, -0.05) is 23.8 Å². The van der Waals surface area contributed by atoms with Crippen LogP contribution in [0.2, 0.25) is 0 Å². The largest absolute Gasteiger partial charge is 0.514 e. The van der Waals surface area contributed by atoms with Crippen molar-refractivity contribution >= 4 is 28.6 Å². The predicted molar refractivity (Wildman–Crippen MR) is 102 cm³/mol. The Bertz CT molecular complexity index is 895. The second-order valence-corrected chi connectivity index (χ2v) is 9.14. The van der Waals surface area contributed by atoms with Crippen molar-refractivity contribution in [2.45, 2.75) is 50.7 Å². The number of rotatable bonds is 4. The highest BCUT2D eigenvalue weighted by atomic mass is 32.2. The maximum absolute atomic E-state index is 12.5. The van der Waals surface area contributed by atoms with Crippen LogP contribution in [-0.2, 0) is 19.3 Å². The van der Waals surface area contributed by atoms with Gasteiger partial charge in [0.25, 0.3) is 10.0 Å². The maximum atomic E-state index is 12.5. The van der Waals surface area contributed by atoms with E-state index in [9.17, 15) is 8.42 Å². The van der Waals surface area contributed by atoms with Crippen LogP contribution in [0.4, 0.5) is 5.82 Å². The van der Waals surface area contributed by atoms with E-state index in [1.165, 1.54) is 0 Å². The number of aryl methyl sites for hydroxylation is 1. The summed E-state index contributed by atoms with van der Waals surface area (Å²) in [6.45, 7) is 9.72. The second kappa shape index (κ2) is 6.37. The molecule has 1 aromatic heterocycles. The lowest BCUT2D eigenvalue weighted by molar-refractivity contribution is 0.00578. The Morgan fingerprint density at radius 2 is 1.54 bits per heavy atom. The van der Waals surface area contributed by atoms with Gasteiger partial charge in [-0.15, -0.1) is 0 Å². The zero-order valence-electron chi connectivity index (χ0n) is 15.6. The third-order valence-electron chi connectivity index (χ3n) is 4.84. The molecule has 0 aliphatic carbocycles. The Balaban J connectivity index is 1.83. The van der Waals surface area contributed by atoms with Crippen molar-refractivity contribution in [3.05, 3.63) is 48.0 Å². The van der Waals surface area contributed by atoms with E-state index in [0.29, 0.717) is 5.59 Å². The van der Waals surface area contributed by atoms with Crippen molar-refractivity contribution < 1.29 is 17.7 Å². The normalized spacial score (nSPS) is 18.7. The van der Waals surface area contributed by atoms with Gasteiger partial charge in [-0.05, 0) is 58.9 Å². The van der Waals surface area contributed by atoms with E-state index < -0.39 is 28.3 Å². The maximum Gasteiger partial charge on any atom is 0.514 e. The second-order valence-electron chi connectivity index (χ2n) is 7.45. The molecular weight excluding hydrogens is 351 g/mol. The van der Waals surface area contributed by atoms with Crippen molar-refractivity contribution in [1.82, 2.24) is 4.98 Å². The summed E-state index contributed by atoms with van der Waals surface area (Å²) in [6, 6.07) is 11.7. The quantitative estimate of drug-likeness (QED) is 0.832. The lowest BCUT2D eigenvalue weighted by atomic mass is 9.84. The Kier molecular flexibility index (Phi) is 4.63. The minimum absolute atomic E-state index is 0.186. The standard InChI is InChI=1S/C18H23BN2O4S/c1-13-9-11-14(12-10-13)26(22,23)21-16-8-6-7-15(20-16)19-24-17(2,3)18(4,5)25-19/h6-12H,1-5H3,(H,20,21). The van der Waals surface area contributed by atoms with Gasteiger partial charge in [-0.3, -0.25) is 4.72 Å². The van der Waals surface area contributed by atoms with Gasteiger partial charge < -0.3 is 9.31 Å². The Labute approximate surface area is 155 Å². The molecular formula is C18H23BN2O4S. The Hall–Kier alpha value is -1.90. The van der Waals surface area contributed by atoms with Gasteiger partial charge >= 0.3 is 7.12 Å². The van der Waals surface area contributed by atoms with Crippen LogP contribution in [0.1, 0.15) is 33.3 Å². The van der Waals surface area contributed by atoms with E-state index >= 15 is 0 Å². The van der Waals surface area contributed by atoms with Gasteiger partial charge in [0.15, 0.2) is 0 Å². The summed E-state index contributed by atoms with van der Waals surface area (Å²) in [5.41, 5.74) is 0.533. The fraction of sp³-hybridized carbons (Fsp3) is 0.389. The average Bonchev–Trinajstić information content (AvgIpc) is 2.76. The molecule has 26 heavy (non-hydrogen) atoms. The van der Waals surface area contributed by atoms with Crippen molar-refractivity contribution in [1.29, 1.82) is 0 Å². The van der Waals surface area contributed by atoms with Gasteiger partial charge in [0.2, 0.25) is 0 Å². The van der Waals surface area contributed by atoms with Crippen LogP contribution in [0.5, 0.6) is 0 Å². The fourth-order valence-electron chi connectivity index (χ4n) is 2.52. The minimum atomic E-state index is -3.71. The summed E-state index contributed by atoms with van der Waals surface area (Å²) >= 11 is 0. The van der Waals surface area contributed by atoms with Gasteiger partial charge in [-0.25, -0.2) is 13.4 Å². The third kappa shape index (κ3) is 3.63. The number of aromatic nitrogens is 1. The summed E-state index contributed by atoms with van der Waals surface area (Å²) in [7, 11) is -4.36. The zero-order valence-corrected chi connectivity index (χ0v) is 16.4. The summed E-state index contributed by atoms with van der Waals surface area (Å²) in [4.78, 5) is 4.56. The van der Waals surface area contributed by atoms with Crippen LogP contribution in [-0.4, -0.2) is 31.7 Å². The zero-order chi connectivity index (χ0) is 19.2. The molecule has 2 aromatic rings. The highest BCUT2D eigenvalue weighted by molar-refractivity contribution is 7.92. The average molecular weight is 374 g/mol. The van der Waals surface area contributed by atoms with Crippen LogP contribution >= 0.6 is 0 Å². The van der Waals surface area contributed by atoms with Crippen molar-refractivity contribution in [3.63, 3.8) is 0 Å². The molecule has 1 aliphatic rings. The molecule has 1 aromatic carbocycles. The lowest BCUT2D eigenvalue weighted by Gasteiger charge is -2.32. The number of pyridine rings is 1. The molecule has 0 atom stereocenters. The first kappa shape index (κ1) is 18.9. The molecule has 8 heteroatoms. The SMILES string of the molecule is Cc1ccc(S(=O)(=O)Nc2cccc(B3OC(C)(C)C(C)(C)O3)n2)cc1. The summed E-state index contributed by atoms with van der Waals surface area (Å²) in [5.74, 6) is 0.220. The molecule has 1 saturated heterocycles. The molecule has 0 amide bonds. The van der Waals surface area contributed by atoms with Gasteiger partial charge in [0, 0.05) is 0 Å². The molecule has 0 radical (unpaired) electrons. The van der Waals surface area contributed by atoms with Crippen LogP contribution in [0, 0.1) is 6.92 Å². The summed E-state index contributed by atoms with van der Waals surface area (Å²) in [5, 5.41) is 0. The number of sulfonamides is 1. The van der Waals surface area contributed by atoms with E-state index in [-0.39, 0.29) is 10.7 Å². The van der Waals surface area contributed by atoms with Crippen molar-refractivity contribution in [2.75, 3.05) is 4.72 Å². The van der Waals surface area contributed by atoms with Crippen LogP contribution in [0.25, 0.3) is 0 Å². The molecule has 1 aliphatic heterocycles. The van der Waals surface area contributed by atoms with Crippen molar-refractivity contribution in [3.8, 4) is 0 Å². The van der Waals surface area contributed by atoms with Crippen LogP contribution in [0.15, 0.2) is 47.4 Å². The highest BCUT2D eigenvalue weighted by Gasteiger charge is 2.52. The molecule has 0 unspecified atom stereocenters. The number of benzene rings is 1. The topological polar surface area (TPSA) is 77.5 Å². The number of hydrogen-bond acceptors (Lipinski definition) is 5. The van der Waals surface area contributed by atoms with E-state index in [4.69, 9.17) is 9.31 Å². The Morgan fingerprint density at radius 1 is 0.962 bits per heavy atom. The monoisotopic (exact) mass is 374 g/mol. The predicted octanol–water partition coefficient (Wildman–Crippen LogP) is 2.49. The molecule has 3 rings (SSSR count). The number of nitrogens with zero attached hydrogens (tertiary/aromatic N) is 1. The van der Waals surface area contributed by atoms with Gasteiger partial charge in [0.05, 0.1) is 21.7 Å². The molecule has 138 valence electrons. The number of nitrogens with one attached hydrogen (secondary N) is 1. The molecule has 1 N–H and O–H groups in total. The van der Waals surface area contributed by atoms with E-state index in [1.54, 1.807) is 42.5 Å². The lowest BCUT2D eigenvalue weighted by Crippen LogP contribution is -2.41. The first-order chi connectivity index (χ1) is 12.0. The number of hydrogen-bond donors (Lipinski definition) is 1. The third-order valence-corrected chi connectivity index (χ3v) is 6.21. The molecule has 0 saturated carbocycles. The van der Waals surface area contributed by atoms with Crippen LogP contribution in [0.3, 0.4) is 0 Å².